The van der Waals surface area contributed by atoms with Gasteiger partial charge in [0.15, 0.2) is 0 Å². The molecule has 122 valence electrons. The molecule has 0 aliphatic carbocycles. The van der Waals surface area contributed by atoms with Gasteiger partial charge in [0.1, 0.15) is 24.7 Å². The van der Waals surface area contributed by atoms with Crippen molar-refractivity contribution in [3.63, 3.8) is 0 Å². The summed E-state index contributed by atoms with van der Waals surface area (Å²) in [7, 11) is 3.46. The van der Waals surface area contributed by atoms with Crippen LogP contribution in [0.1, 0.15) is 0 Å². The maximum absolute atomic E-state index is 11.6. The van der Waals surface area contributed by atoms with Gasteiger partial charge in [-0.2, -0.15) is 0 Å². The number of carbonyl (C=O) groups excluding carboxylic acids is 1. The zero-order valence-corrected chi connectivity index (χ0v) is 13.5. The van der Waals surface area contributed by atoms with Gasteiger partial charge < -0.3 is 19.7 Å². The summed E-state index contributed by atoms with van der Waals surface area (Å²) in [5, 5.41) is 3.10. The lowest BCUT2D eigenvalue weighted by molar-refractivity contribution is -0.126. The Labute approximate surface area is 136 Å². The molecule has 0 unspecified atom stereocenters. The number of ether oxygens (including phenoxy) is 2. The summed E-state index contributed by atoms with van der Waals surface area (Å²) in [6, 6.07) is 17.2. The first kappa shape index (κ1) is 16.7. The van der Waals surface area contributed by atoms with E-state index in [0.29, 0.717) is 19.0 Å². The highest BCUT2D eigenvalue weighted by atomic mass is 16.5. The molecular weight excluding hydrogens is 292 g/mol. The molecule has 0 aliphatic heterocycles. The molecule has 0 aliphatic rings. The molecule has 5 nitrogen and oxygen atoms in total. The number of benzene rings is 2. The normalized spacial score (nSPS) is 10.0. The van der Waals surface area contributed by atoms with Gasteiger partial charge in [0.05, 0.1) is 12.2 Å². The molecule has 0 bridgehead atoms. The molecule has 5 heteroatoms. The number of amides is 1. The monoisotopic (exact) mass is 314 g/mol. The molecule has 2 aromatic rings. The average molecular weight is 314 g/mol. The van der Waals surface area contributed by atoms with Crippen LogP contribution in [0.4, 0.5) is 5.69 Å². The van der Waals surface area contributed by atoms with Gasteiger partial charge in [-0.3, -0.25) is 4.79 Å². The quantitative estimate of drug-likeness (QED) is 0.761. The summed E-state index contributed by atoms with van der Waals surface area (Å²) < 4.78 is 11.3. The fraction of sp³-hybridized carbons (Fsp3) is 0.278. The van der Waals surface area contributed by atoms with Crippen molar-refractivity contribution in [1.29, 1.82) is 0 Å². The molecular formula is C18H22N2O3. The molecule has 0 saturated carbocycles. The summed E-state index contributed by atoms with van der Waals surface area (Å²) in [5.41, 5.74) is 0.794. The minimum atomic E-state index is 0.00668. The van der Waals surface area contributed by atoms with Crippen molar-refractivity contribution < 1.29 is 14.3 Å². The zero-order valence-electron chi connectivity index (χ0n) is 13.5. The fourth-order valence-corrected chi connectivity index (χ4v) is 1.90. The number of hydrogen-bond donors (Lipinski definition) is 1. The SMILES string of the molecule is CN(C)C(=O)CNc1ccccc1OCCOc1ccccc1. The number of nitrogens with one attached hydrogen (secondary N) is 1. The Morgan fingerprint density at radius 3 is 2.35 bits per heavy atom. The lowest BCUT2D eigenvalue weighted by Crippen LogP contribution is -2.28. The van der Waals surface area contributed by atoms with Gasteiger partial charge in [-0.25, -0.2) is 0 Å². The van der Waals surface area contributed by atoms with Crippen LogP contribution in [0.2, 0.25) is 0 Å². The maximum Gasteiger partial charge on any atom is 0.241 e. The highest BCUT2D eigenvalue weighted by Crippen LogP contribution is 2.23. The minimum absolute atomic E-state index is 0.00668. The van der Waals surface area contributed by atoms with Crippen LogP contribution in [-0.2, 0) is 4.79 Å². The predicted octanol–water partition coefficient (Wildman–Crippen LogP) is 2.64. The van der Waals surface area contributed by atoms with Gasteiger partial charge in [0.25, 0.3) is 0 Å². The first-order valence-electron chi connectivity index (χ1n) is 7.50. The second-order valence-electron chi connectivity index (χ2n) is 5.15. The molecule has 0 spiro atoms. The number of rotatable bonds is 8. The third-order valence-corrected chi connectivity index (χ3v) is 3.17. The topological polar surface area (TPSA) is 50.8 Å². The smallest absolute Gasteiger partial charge is 0.241 e. The van der Waals surface area contributed by atoms with Gasteiger partial charge in [-0.15, -0.1) is 0 Å². The van der Waals surface area contributed by atoms with Crippen LogP contribution >= 0.6 is 0 Å². The fourth-order valence-electron chi connectivity index (χ4n) is 1.90. The Hall–Kier alpha value is -2.69. The van der Waals surface area contributed by atoms with E-state index in [1.54, 1.807) is 19.0 Å². The number of hydrogen-bond acceptors (Lipinski definition) is 4. The van der Waals surface area contributed by atoms with Crippen LogP contribution in [0.15, 0.2) is 54.6 Å². The van der Waals surface area contributed by atoms with E-state index in [1.165, 1.54) is 0 Å². The highest BCUT2D eigenvalue weighted by Gasteiger charge is 2.07. The summed E-state index contributed by atoms with van der Waals surface area (Å²) >= 11 is 0. The van der Waals surface area contributed by atoms with Gasteiger partial charge in [0, 0.05) is 14.1 Å². The van der Waals surface area contributed by atoms with Gasteiger partial charge in [-0.1, -0.05) is 30.3 Å². The Morgan fingerprint density at radius 2 is 1.61 bits per heavy atom. The van der Waals surface area contributed by atoms with Crippen LogP contribution < -0.4 is 14.8 Å². The van der Waals surface area contributed by atoms with E-state index < -0.39 is 0 Å². The minimum Gasteiger partial charge on any atom is -0.490 e. The summed E-state index contributed by atoms with van der Waals surface area (Å²) in [5.74, 6) is 1.53. The molecule has 0 radical (unpaired) electrons. The molecule has 23 heavy (non-hydrogen) atoms. The standard InChI is InChI=1S/C18H22N2O3/c1-20(2)18(21)14-19-16-10-6-7-11-17(16)23-13-12-22-15-8-4-3-5-9-15/h3-11,19H,12-14H2,1-2H3. The number of likely N-dealkylation sites (N-methyl/N-ethyl adjacent to an activating group) is 1. The van der Waals surface area contributed by atoms with Crippen molar-refractivity contribution in [2.24, 2.45) is 0 Å². The van der Waals surface area contributed by atoms with E-state index in [9.17, 15) is 4.79 Å². The summed E-state index contributed by atoms with van der Waals surface area (Å²) in [6.07, 6.45) is 0. The van der Waals surface area contributed by atoms with Crippen molar-refractivity contribution in [3.05, 3.63) is 54.6 Å². The highest BCUT2D eigenvalue weighted by molar-refractivity contribution is 5.80. The van der Waals surface area contributed by atoms with E-state index in [2.05, 4.69) is 5.32 Å². The number of carbonyl (C=O) groups is 1. The third-order valence-electron chi connectivity index (χ3n) is 3.17. The van der Waals surface area contributed by atoms with E-state index in [0.717, 1.165) is 11.4 Å². The van der Waals surface area contributed by atoms with Crippen molar-refractivity contribution in [3.8, 4) is 11.5 Å². The lowest BCUT2D eigenvalue weighted by atomic mass is 10.3. The molecule has 0 heterocycles. The van der Waals surface area contributed by atoms with Crippen molar-refractivity contribution in [2.75, 3.05) is 39.2 Å². The first-order valence-corrected chi connectivity index (χ1v) is 7.50. The van der Waals surface area contributed by atoms with Crippen LogP contribution in [0.25, 0.3) is 0 Å². The van der Waals surface area contributed by atoms with Gasteiger partial charge >= 0.3 is 0 Å². The van der Waals surface area contributed by atoms with E-state index in [1.807, 2.05) is 54.6 Å². The maximum atomic E-state index is 11.6. The Bertz CT molecular complexity index is 615. The number of nitrogens with zero attached hydrogens (tertiary/aromatic N) is 1. The van der Waals surface area contributed by atoms with E-state index in [4.69, 9.17) is 9.47 Å². The Morgan fingerprint density at radius 1 is 0.957 bits per heavy atom. The average Bonchev–Trinajstić information content (AvgIpc) is 2.58. The molecule has 2 rings (SSSR count). The summed E-state index contributed by atoms with van der Waals surface area (Å²) in [6.45, 7) is 1.11. The van der Waals surface area contributed by atoms with Crippen molar-refractivity contribution >= 4 is 11.6 Å². The predicted molar refractivity (Wildman–Crippen MR) is 91.1 cm³/mol. The second-order valence-corrected chi connectivity index (χ2v) is 5.15. The van der Waals surface area contributed by atoms with Crippen LogP contribution in [0, 0.1) is 0 Å². The van der Waals surface area contributed by atoms with Crippen LogP contribution in [0.3, 0.4) is 0 Å². The van der Waals surface area contributed by atoms with Crippen LogP contribution in [-0.4, -0.2) is 44.7 Å². The number of para-hydroxylation sites is 3. The lowest BCUT2D eigenvalue weighted by Gasteiger charge is -2.15. The van der Waals surface area contributed by atoms with E-state index in [-0.39, 0.29) is 12.5 Å². The van der Waals surface area contributed by atoms with Gasteiger partial charge in [-0.05, 0) is 24.3 Å². The van der Waals surface area contributed by atoms with Crippen LogP contribution in [0.5, 0.6) is 11.5 Å². The second kappa shape index (κ2) is 8.68. The van der Waals surface area contributed by atoms with Crippen molar-refractivity contribution in [2.45, 2.75) is 0 Å². The molecule has 2 aromatic carbocycles. The molecule has 0 atom stereocenters. The largest absolute Gasteiger partial charge is 0.490 e. The molecule has 1 N–H and O–H groups in total. The van der Waals surface area contributed by atoms with E-state index >= 15 is 0 Å². The molecule has 0 fully saturated rings. The first-order chi connectivity index (χ1) is 11.2. The Kier molecular flexibility index (Phi) is 6.29. The summed E-state index contributed by atoms with van der Waals surface area (Å²) in [4.78, 5) is 13.2. The number of anilines is 1. The van der Waals surface area contributed by atoms with Crippen molar-refractivity contribution in [1.82, 2.24) is 4.90 Å². The van der Waals surface area contributed by atoms with Gasteiger partial charge in [0.2, 0.25) is 5.91 Å². The third kappa shape index (κ3) is 5.54. The zero-order chi connectivity index (χ0) is 16.5. The molecule has 1 amide bonds. The Balaban J connectivity index is 1.81. The molecule has 0 saturated heterocycles. The molecule has 0 aromatic heterocycles.